The van der Waals surface area contributed by atoms with Gasteiger partial charge in [-0.3, -0.25) is 14.5 Å². The molecule has 0 spiro atoms. The number of aliphatic hydroxyl groups is 1. The predicted octanol–water partition coefficient (Wildman–Crippen LogP) is 5.13. The lowest BCUT2D eigenvalue weighted by Gasteiger charge is -2.26. The van der Waals surface area contributed by atoms with Crippen LogP contribution in [0, 0.1) is 0 Å². The fourth-order valence-electron chi connectivity index (χ4n) is 4.36. The number of hydrogen-bond donors (Lipinski definition) is 1. The number of anilines is 1. The molecule has 0 aromatic heterocycles. The zero-order valence-electron chi connectivity index (χ0n) is 21.2. The number of carbonyl (C=O) groups is 2. The number of nitrogens with zero attached hydrogens (tertiary/aromatic N) is 1. The van der Waals surface area contributed by atoms with Gasteiger partial charge in [-0.15, -0.1) is 0 Å². The first kappa shape index (κ1) is 25.6. The summed E-state index contributed by atoms with van der Waals surface area (Å²) in [5, 5.41) is 11.4. The van der Waals surface area contributed by atoms with Gasteiger partial charge in [0.1, 0.15) is 17.3 Å². The molecule has 1 atom stereocenters. The Kier molecular flexibility index (Phi) is 7.67. The van der Waals surface area contributed by atoms with Gasteiger partial charge in [0.15, 0.2) is 11.5 Å². The smallest absolute Gasteiger partial charge is 0.300 e. The van der Waals surface area contributed by atoms with Crippen molar-refractivity contribution in [2.45, 2.75) is 19.9 Å². The molecular formula is C29H29NO7. The van der Waals surface area contributed by atoms with Crippen LogP contribution in [0.3, 0.4) is 0 Å². The highest BCUT2D eigenvalue weighted by Crippen LogP contribution is 2.44. The van der Waals surface area contributed by atoms with Crippen LogP contribution in [0.5, 0.6) is 23.0 Å². The van der Waals surface area contributed by atoms with Crippen molar-refractivity contribution in [1.82, 2.24) is 0 Å². The van der Waals surface area contributed by atoms with Gasteiger partial charge in [-0.05, 0) is 55.8 Å². The fourth-order valence-corrected chi connectivity index (χ4v) is 4.36. The predicted molar refractivity (Wildman–Crippen MR) is 140 cm³/mol. The van der Waals surface area contributed by atoms with Gasteiger partial charge in [0, 0.05) is 17.3 Å². The summed E-state index contributed by atoms with van der Waals surface area (Å²) in [4.78, 5) is 28.3. The van der Waals surface area contributed by atoms with E-state index in [-0.39, 0.29) is 11.3 Å². The number of ether oxygens (including phenoxy) is 4. The summed E-state index contributed by atoms with van der Waals surface area (Å²) in [6.45, 7) is 4.53. The summed E-state index contributed by atoms with van der Waals surface area (Å²) in [6, 6.07) is 17.9. The van der Waals surface area contributed by atoms with Crippen LogP contribution in [0.2, 0.25) is 0 Å². The van der Waals surface area contributed by atoms with E-state index in [4.69, 9.17) is 18.9 Å². The van der Waals surface area contributed by atoms with Crippen molar-refractivity contribution in [2.24, 2.45) is 0 Å². The quantitative estimate of drug-likeness (QED) is 0.246. The molecule has 4 rings (SSSR count). The number of aliphatic hydroxyl groups excluding tert-OH is 1. The largest absolute Gasteiger partial charge is 0.507 e. The second-order valence-electron chi connectivity index (χ2n) is 8.17. The first-order valence-corrected chi connectivity index (χ1v) is 11.9. The summed E-state index contributed by atoms with van der Waals surface area (Å²) < 4.78 is 22.1. The zero-order valence-corrected chi connectivity index (χ0v) is 21.2. The van der Waals surface area contributed by atoms with E-state index in [0.29, 0.717) is 53.0 Å². The number of carbonyl (C=O) groups excluding carboxylic acids is 2. The van der Waals surface area contributed by atoms with E-state index < -0.39 is 17.7 Å². The Balaban J connectivity index is 1.95. The maximum Gasteiger partial charge on any atom is 0.300 e. The van der Waals surface area contributed by atoms with E-state index in [0.717, 1.165) is 0 Å². The summed E-state index contributed by atoms with van der Waals surface area (Å²) in [6.07, 6.45) is 0. The normalized spacial score (nSPS) is 16.5. The summed E-state index contributed by atoms with van der Waals surface area (Å²) in [5.41, 5.74) is 1.32. The number of benzene rings is 3. The van der Waals surface area contributed by atoms with E-state index in [1.165, 1.54) is 19.1 Å². The first-order valence-electron chi connectivity index (χ1n) is 11.9. The lowest BCUT2D eigenvalue weighted by Crippen LogP contribution is -2.29. The van der Waals surface area contributed by atoms with E-state index in [9.17, 15) is 14.7 Å². The molecule has 1 saturated heterocycles. The molecule has 8 heteroatoms. The van der Waals surface area contributed by atoms with Crippen molar-refractivity contribution in [3.63, 3.8) is 0 Å². The highest BCUT2D eigenvalue weighted by molar-refractivity contribution is 6.51. The van der Waals surface area contributed by atoms with Crippen molar-refractivity contribution in [1.29, 1.82) is 0 Å². The molecular weight excluding hydrogens is 474 g/mol. The third kappa shape index (κ3) is 4.95. The Bertz CT molecular complexity index is 1350. The van der Waals surface area contributed by atoms with Crippen LogP contribution < -0.4 is 23.8 Å². The number of amides is 1. The first-order chi connectivity index (χ1) is 17.9. The molecule has 1 fully saturated rings. The summed E-state index contributed by atoms with van der Waals surface area (Å²) >= 11 is 0. The molecule has 37 heavy (non-hydrogen) atoms. The van der Waals surface area contributed by atoms with Crippen molar-refractivity contribution in [2.75, 3.05) is 32.3 Å². The van der Waals surface area contributed by atoms with Crippen LogP contribution in [-0.4, -0.2) is 44.2 Å². The molecule has 3 aromatic carbocycles. The van der Waals surface area contributed by atoms with Gasteiger partial charge in [-0.1, -0.05) is 24.3 Å². The van der Waals surface area contributed by atoms with Crippen LogP contribution in [-0.2, 0) is 9.59 Å². The maximum atomic E-state index is 13.5. The molecule has 0 aliphatic carbocycles. The minimum Gasteiger partial charge on any atom is -0.507 e. The average Bonchev–Trinajstić information content (AvgIpc) is 3.19. The van der Waals surface area contributed by atoms with E-state index in [1.807, 2.05) is 13.8 Å². The van der Waals surface area contributed by atoms with E-state index >= 15 is 0 Å². The van der Waals surface area contributed by atoms with Gasteiger partial charge in [0.05, 0.1) is 39.0 Å². The van der Waals surface area contributed by atoms with E-state index in [2.05, 4.69) is 0 Å². The molecule has 1 N–H and O–H groups in total. The monoisotopic (exact) mass is 503 g/mol. The van der Waals surface area contributed by atoms with Crippen molar-refractivity contribution >= 4 is 23.1 Å². The maximum absolute atomic E-state index is 13.5. The second kappa shape index (κ2) is 11.1. The Hall–Kier alpha value is -4.46. The minimum atomic E-state index is -0.937. The standard InChI is InChI=1S/C29H29NO7/c1-5-36-22-12-7-9-19(15-22)27(31)25-26(18-13-14-23(35-4)24(16-18)37-6-2)30(29(33)28(25)32)20-10-8-11-21(17-20)34-3/h7-17,26,31H,5-6H2,1-4H3/b27-25-. The van der Waals surface area contributed by atoms with Gasteiger partial charge < -0.3 is 24.1 Å². The zero-order chi connectivity index (χ0) is 26.5. The average molecular weight is 504 g/mol. The van der Waals surface area contributed by atoms with Crippen LogP contribution in [0.1, 0.15) is 31.0 Å². The molecule has 192 valence electrons. The molecule has 1 unspecified atom stereocenters. The molecule has 1 heterocycles. The van der Waals surface area contributed by atoms with Crippen LogP contribution >= 0.6 is 0 Å². The van der Waals surface area contributed by atoms with Crippen LogP contribution in [0.4, 0.5) is 5.69 Å². The molecule has 0 bridgehead atoms. The van der Waals surface area contributed by atoms with Gasteiger partial charge in [0.25, 0.3) is 11.7 Å². The number of rotatable bonds is 9. The lowest BCUT2D eigenvalue weighted by atomic mass is 9.94. The SMILES string of the molecule is CCOc1cccc(/C(O)=C2/C(=O)C(=O)N(c3cccc(OC)c3)C2c2ccc(OC)c(OCC)c2)c1. The number of ketones is 1. The Morgan fingerprint density at radius 2 is 1.57 bits per heavy atom. The molecule has 1 aliphatic heterocycles. The highest BCUT2D eigenvalue weighted by atomic mass is 16.5. The molecule has 0 radical (unpaired) electrons. The number of Topliss-reactive ketones (excluding diaryl/α,β-unsaturated/α-hetero) is 1. The van der Waals surface area contributed by atoms with Gasteiger partial charge in [-0.25, -0.2) is 0 Å². The summed E-state index contributed by atoms with van der Waals surface area (Å²) in [5.74, 6) is 0.144. The van der Waals surface area contributed by atoms with Gasteiger partial charge >= 0.3 is 0 Å². The molecule has 1 amide bonds. The molecule has 8 nitrogen and oxygen atoms in total. The van der Waals surface area contributed by atoms with Crippen LogP contribution in [0.25, 0.3) is 5.76 Å². The Labute approximate surface area is 215 Å². The molecule has 0 saturated carbocycles. The topological polar surface area (TPSA) is 94.5 Å². The number of methoxy groups -OCH3 is 2. The Morgan fingerprint density at radius 1 is 0.838 bits per heavy atom. The van der Waals surface area contributed by atoms with Crippen molar-refractivity contribution in [3.05, 3.63) is 83.4 Å². The fraction of sp³-hybridized carbons (Fsp3) is 0.241. The van der Waals surface area contributed by atoms with Gasteiger partial charge in [0.2, 0.25) is 0 Å². The highest BCUT2D eigenvalue weighted by Gasteiger charge is 2.47. The summed E-state index contributed by atoms with van der Waals surface area (Å²) in [7, 11) is 3.05. The minimum absolute atomic E-state index is 0.0471. The van der Waals surface area contributed by atoms with E-state index in [1.54, 1.807) is 66.7 Å². The van der Waals surface area contributed by atoms with Gasteiger partial charge in [-0.2, -0.15) is 0 Å². The van der Waals surface area contributed by atoms with Crippen LogP contribution in [0.15, 0.2) is 72.3 Å². The van der Waals surface area contributed by atoms with Crippen molar-refractivity contribution in [3.8, 4) is 23.0 Å². The third-order valence-electron chi connectivity index (χ3n) is 6.00. The third-order valence-corrected chi connectivity index (χ3v) is 6.00. The second-order valence-corrected chi connectivity index (χ2v) is 8.17. The lowest BCUT2D eigenvalue weighted by molar-refractivity contribution is -0.132. The Morgan fingerprint density at radius 3 is 2.27 bits per heavy atom. The molecule has 3 aromatic rings. The number of hydrogen-bond acceptors (Lipinski definition) is 7. The molecule has 1 aliphatic rings. The van der Waals surface area contributed by atoms with Crippen molar-refractivity contribution < 1.29 is 33.6 Å².